The lowest BCUT2D eigenvalue weighted by atomic mass is 9.73. The van der Waals surface area contributed by atoms with Gasteiger partial charge in [0.1, 0.15) is 5.94 Å². The van der Waals surface area contributed by atoms with Gasteiger partial charge in [0.2, 0.25) is 0 Å². The Balaban J connectivity index is 4.65. The average Bonchev–Trinajstić information content (AvgIpc) is 2.45. The summed E-state index contributed by atoms with van der Waals surface area (Å²) in [4.78, 5) is 11.0. The summed E-state index contributed by atoms with van der Waals surface area (Å²) in [6, 6.07) is 0. The van der Waals surface area contributed by atoms with Crippen molar-refractivity contribution in [2.45, 2.75) is 85.5 Å². The minimum absolute atomic E-state index is 0.0773. The number of rotatable bonds is 12. The molecular weight excluding hydrogens is 244 g/mol. The van der Waals surface area contributed by atoms with E-state index in [1.807, 2.05) is 6.08 Å². The molecule has 0 fully saturated rings. The van der Waals surface area contributed by atoms with Gasteiger partial charge < -0.3 is 0 Å². The van der Waals surface area contributed by atoms with Gasteiger partial charge in [0.05, 0.1) is 0 Å². The molecule has 0 spiro atoms. The molecule has 0 aliphatic heterocycles. The van der Waals surface area contributed by atoms with Gasteiger partial charge in [0, 0.05) is 6.08 Å². The van der Waals surface area contributed by atoms with Crippen LogP contribution in [-0.2, 0) is 4.79 Å². The summed E-state index contributed by atoms with van der Waals surface area (Å²) in [7, 11) is 0. The second-order valence-electron chi connectivity index (χ2n) is 6.38. The molecule has 0 heterocycles. The van der Waals surface area contributed by atoms with Crippen LogP contribution >= 0.6 is 0 Å². The number of hydrogen-bond donors (Lipinski definition) is 0. The van der Waals surface area contributed by atoms with Crippen molar-refractivity contribution >= 4 is 5.94 Å². The third-order valence-corrected chi connectivity index (χ3v) is 4.65. The predicted molar refractivity (Wildman–Crippen MR) is 89.6 cm³/mol. The number of hydrogen-bond acceptors (Lipinski definition) is 1. The monoisotopic (exact) mass is 278 g/mol. The second-order valence-corrected chi connectivity index (χ2v) is 6.38. The maximum Gasteiger partial charge on any atom is 0.120 e. The molecule has 0 radical (unpaired) electrons. The molecule has 0 aliphatic carbocycles. The molecule has 0 amide bonds. The van der Waals surface area contributed by atoms with E-state index < -0.39 is 0 Å². The van der Waals surface area contributed by atoms with Crippen LogP contribution in [0.1, 0.15) is 85.5 Å². The van der Waals surface area contributed by atoms with Crippen LogP contribution in [0.5, 0.6) is 0 Å². The Morgan fingerprint density at radius 2 is 1.95 bits per heavy atom. The van der Waals surface area contributed by atoms with Gasteiger partial charge in [-0.1, -0.05) is 52.7 Å². The molecule has 0 saturated carbocycles. The second kappa shape index (κ2) is 10.9. The van der Waals surface area contributed by atoms with Gasteiger partial charge in [-0.3, -0.25) is 0 Å². The lowest BCUT2D eigenvalue weighted by Gasteiger charge is -2.30. The Kier molecular flexibility index (Phi) is 10.5. The molecule has 0 aromatic heterocycles. The molecule has 20 heavy (non-hydrogen) atoms. The highest BCUT2D eigenvalue weighted by atomic mass is 16.1. The Hall–Kier alpha value is -0.810. The first kappa shape index (κ1) is 19.2. The van der Waals surface area contributed by atoms with Crippen LogP contribution in [0.4, 0.5) is 0 Å². The molecule has 116 valence electrons. The molecule has 0 bridgehead atoms. The average molecular weight is 278 g/mol. The van der Waals surface area contributed by atoms with Crippen LogP contribution in [0, 0.1) is 11.3 Å². The lowest BCUT2D eigenvalue weighted by Crippen LogP contribution is -2.19. The maximum atomic E-state index is 11.0. The molecule has 2 unspecified atom stereocenters. The fourth-order valence-corrected chi connectivity index (χ4v) is 2.82. The van der Waals surface area contributed by atoms with Gasteiger partial charge in [0.15, 0.2) is 0 Å². The van der Waals surface area contributed by atoms with Gasteiger partial charge in [-0.15, -0.1) is 0 Å². The highest BCUT2D eigenvalue weighted by molar-refractivity contribution is 5.47. The van der Waals surface area contributed by atoms with Crippen molar-refractivity contribution in [1.29, 1.82) is 0 Å². The Bertz CT molecular complexity index is 312. The van der Waals surface area contributed by atoms with E-state index in [9.17, 15) is 4.79 Å². The first-order valence-corrected chi connectivity index (χ1v) is 8.42. The van der Waals surface area contributed by atoms with Crippen molar-refractivity contribution in [3.05, 3.63) is 18.2 Å². The molecule has 0 aromatic carbocycles. The van der Waals surface area contributed by atoms with Crippen LogP contribution in [0.3, 0.4) is 0 Å². The van der Waals surface area contributed by atoms with Crippen LogP contribution < -0.4 is 0 Å². The smallest absolute Gasteiger partial charge is 0.120 e. The Morgan fingerprint density at radius 1 is 1.25 bits per heavy atom. The third kappa shape index (κ3) is 7.70. The van der Waals surface area contributed by atoms with Crippen LogP contribution in [0.2, 0.25) is 0 Å². The molecule has 0 rings (SSSR count). The molecule has 1 nitrogen and oxygen atoms in total. The molecule has 2 atom stereocenters. The highest BCUT2D eigenvalue weighted by Crippen LogP contribution is 2.38. The van der Waals surface area contributed by atoms with Crippen molar-refractivity contribution in [2.75, 3.05) is 0 Å². The first-order chi connectivity index (χ1) is 9.53. The van der Waals surface area contributed by atoms with Gasteiger partial charge >= 0.3 is 0 Å². The van der Waals surface area contributed by atoms with Crippen molar-refractivity contribution < 1.29 is 4.79 Å². The van der Waals surface area contributed by atoms with Gasteiger partial charge in [0.25, 0.3) is 0 Å². The van der Waals surface area contributed by atoms with E-state index >= 15 is 0 Å². The third-order valence-electron chi connectivity index (χ3n) is 4.65. The minimum atomic E-state index is 0.0773. The van der Waals surface area contributed by atoms with Crippen LogP contribution in [0.15, 0.2) is 18.2 Å². The van der Waals surface area contributed by atoms with Gasteiger partial charge in [-0.25, -0.2) is 4.79 Å². The van der Waals surface area contributed by atoms with E-state index in [1.54, 1.807) is 0 Å². The standard InChI is InChI=1S/C19H34O/c1-6-12-19(15-16-20,14-11-18(5)8-3)13-9-10-17(4)7-2/h15,18H,4,6-14H2,1-3,5H3. The summed E-state index contributed by atoms with van der Waals surface area (Å²) in [6.07, 6.45) is 12.0. The lowest BCUT2D eigenvalue weighted by molar-refractivity contribution is 0.261. The summed E-state index contributed by atoms with van der Waals surface area (Å²) >= 11 is 0. The quantitative estimate of drug-likeness (QED) is 0.310. The molecule has 0 aromatic rings. The first-order valence-electron chi connectivity index (χ1n) is 8.42. The van der Waals surface area contributed by atoms with Crippen molar-refractivity contribution in [1.82, 2.24) is 0 Å². The summed E-state index contributed by atoms with van der Waals surface area (Å²) in [6.45, 7) is 13.0. The molecule has 0 aliphatic rings. The molecule has 0 N–H and O–H groups in total. The van der Waals surface area contributed by atoms with Crippen molar-refractivity contribution in [3.63, 3.8) is 0 Å². The molecule has 1 heteroatoms. The van der Waals surface area contributed by atoms with Crippen LogP contribution in [-0.4, -0.2) is 5.94 Å². The number of carbonyl (C=O) groups excluding carboxylic acids is 1. The maximum absolute atomic E-state index is 11.0. The Labute approximate surface area is 126 Å². The summed E-state index contributed by atoms with van der Waals surface area (Å²) in [5, 5.41) is 0. The zero-order valence-electron chi connectivity index (χ0n) is 14.1. The summed E-state index contributed by atoms with van der Waals surface area (Å²) < 4.78 is 0. The Morgan fingerprint density at radius 3 is 2.45 bits per heavy atom. The fourth-order valence-electron chi connectivity index (χ4n) is 2.82. The van der Waals surface area contributed by atoms with E-state index in [1.165, 1.54) is 18.4 Å². The van der Waals surface area contributed by atoms with Crippen molar-refractivity contribution in [3.8, 4) is 0 Å². The van der Waals surface area contributed by atoms with Gasteiger partial charge in [-0.05, 0) is 56.3 Å². The van der Waals surface area contributed by atoms with Crippen LogP contribution in [0.25, 0.3) is 0 Å². The zero-order chi connectivity index (χ0) is 15.4. The van der Waals surface area contributed by atoms with E-state index in [0.717, 1.165) is 50.9 Å². The summed E-state index contributed by atoms with van der Waals surface area (Å²) in [5.41, 5.74) is 1.40. The van der Waals surface area contributed by atoms with E-state index in [4.69, 9.17) is 0 Å². The van der Waals surface area contributed by atoms with E-state index in [2.05, 4.69) is 40.2 Å². The zero-order valence-corrected chi connectivity index (χ0v) is 14.1. The van der Waals surface area contributed by atoms with E-state index in [0.29, 0.717) is 0 Å². The topological polar surface area (TPSA) is 17.1 Å². The molecular formula is C19H34O. The number of allylic oxidation sites excluding steroid dienone is 2. The largest absolute Gasteiger partial charge is 0.234 e. The molecule has 0 saturated heterocycles. The van der Waals surface area contributed by atoms with Crippen molar-refractivity contribution in [2.24, 2.45) is 11.3 Å². The van der Waals surface area contributed by atoms with Gasteiger partial charge in [-0.2, -0.15) is 0 Å². The minimum Gasteiger partial charge on any atom is -0.234 e. The fraction of sp³-hybridized carbons (Fsp3) is 0.789. The predicted octanol–water partition coefficient (Wildman–Crippen LogP) is 6.12. The highest BCUT2D eigenvalue weighted by Gasteiger charge is 2.26. The van der Waals surface area contributed by atoms with E-state index in [-0.39, 0.29) is 5.41 Å². The normalized spacial score (nSPS) is 15.2. The SMILES string of the molecule is C=C(CC)CCCC(C=C=O)(CCC)CCC(C)CC. The summed E-state index contributed by atoms with van der Waals surface area (Å²) in [5.74, 6) is 2.84.